The number of halogens is 2. The summed E-state index contributed by atoms with van der Waals surface area (Å²) in [6.07, 6.45) is 3.63. The summed E-state index contributed by atoms with van der Waals surface area (Å²) >= 11 is 0. The summed E-state index contributed by atoms with van der Waals surface area (Å²) in [7, 11) is 0. The van der Waals surface area contributed by atoms with Crippen molar-refractivity contribution in [3.8, 4) is 0 Å². The fourth-order valence-corrected chi connectivity index (χ4v) is 2.68. The SMILES string of the molecule is Fc1ccc(N2CCCNC(C3CC3)C2)cc1F. The Morgan fingerprint density at radius 1 is 1.17 bits per heavy atom. The second-order valence-electron chi connectivity index (χ2n) is 5.30. The minimum atomic E-state index is -0.773. The van der Waals surface area contributed by atoms with Crippen LogP contribution in [0.5, 0.6) is 0 Å². The Kier molecular flexibility index (Phi) is 3.20. The molecule has 0 amide bonds. The second-order valence-corrected chi connectivity index (χ2v) is 5.30. The van der Waals surface area contributed by atoms with Gasteiger partial charge in [0.05, 0.1) is 0 Å². The van der Waals surface area contributed by atoms with Gasteiger partial charge in [-0.25, -0.2) is 8.78 Å². The molecule has 0 aromatic heterocycles. The minimum Gasteiger partial charge on any atom is -0.370 e. The summed E-state index contributed by atoms with van der Waals surface area (Å²) in [5.74, 6) is -0.756. The molecular weight excluding hydrogens is 234 g/mol. The summed E-state index contributed by atoms with van der Waals surface area (Å²) in [5, 5.41) is 3.56. The van der Waals surface area contributed by atoms with Gasteiger partial charge >= 0.3 is 0 Å². The van der Waals surface area contributed by atoms with E-state index in [1.807, 2.05) is 0 Å². The molecule has 0 spiro atoms. The number of benzene rings is 1. The van der Waals surface area contributed by atoms with Crippen molar-refractivity contribution in [3.63, 3.8) is 0 Å². The highest BCUT2D eigenvalue weighted by atomic mass is 19.2. The molecule has 1 aromatic carbocycles. The van der Waals surface area contributed by atoms with Crippen LogP contribution in [-0.2, 0) is 0 Å². The van der Waals surface area contributed by atoms with Crippen molar-refractivity contribution in [1.82, 2.24) is 5.32 Å². The topological polar surface area (TPSA) is 15.3 Å². The van der Waals surface area contributed by atoms with Crippen molar-refractivity contribution in [2.45, 2.75) is 25.3 Å². The van der Waals surface area contributed by atoms with Crippen molar-refractivity contribution in [1.29, 1.82) is 0 Å². The molecule has 4 heteroatoms. The lowest BCUT2D eigenvalue weighted by Crippen LogP contribution is -2.39. The molecule has 2 aliphatic rings. The summed E-state index contributed by atoms with van der Waals surface area (Å²) in [4.78, 5) is 2.17. The zero-order chi connectivity index (χ0) is 12.5. The van der Waals surface area contributed by atoms with E-state index in [4.69, 9.17) is 0 Å². The predicted molar refractivity (Wildman–Crippen MR) is 67.7 cm³/mol. The van der Waals surface area contributed by atoms with Crippen molar-refractivity contribution in [3.05, 3.63) is 29.8 Å². The molecule has 2 fully saturated rings. The normalized spacial score (nSPS) is 25.0. The fourth-order valence-electron chi connectivity index (χ4n) is 2.68. The molecule has 1 aromatic rings. The molecule has 1 heterocycles. The van der Waals surface area contributed by atoms with E-state index >= 15 is 0 Å². The third kappa shape index (κ3) is 2.48. The number of hydrogen-bond acceptors (Lipinski definition) is 2. The van der Waals surface area contributed by atoms with Gasteiger partial charge in [-0.05, 0) is 43.9 Å². The molecule has 1 saturated carbocycles. The Morgan fingerprint density at radius 2 is 2.00 bits per heavy atom. The van der Waals surface area contributed by atoms with E-state index in [1.165, 1.54) is 25.0 Å². The maximum atomic E-state index is 13.3. The van der Waals surface area contributed by atoms with Gasteiger partial charge in [0.15, 0.2) is 11.6 Å². The molecule has 0 bridgehead atoms. The van der Waals surface area contributed by atoms with Gasteiger partial charge in [0.25, 0.3) is 0 Å². The van der Waals surface area contributed by atoms with E-state index in [0.29, 0.717) is 6.04 Å². The van der Waals surface area contributed by atoms with Gasteiger partial charge in [-0.1, -0.05) is 0 Å². The molecule has 18 heavy (non-hydrogen) atoms. The zero-order valence-electron chi connectivity index (χ0n) is 10.3. The lowest BCUT2D eigenvalue weighted by Gasteiger charge is -2.26. The first kappa shape index (κ1) is 11.9. The van der Waals surface area contributed by atoms with Crippen LogP contribution in [0.25, 0.3) is 0 Å². The smallest absolute Gasteiger partial charge is 0.160 e. The van der Waals surface area contributed by atoms with Crippen molar-refractivity contribution < 1.29 is 8.78 Å². The Balaban J connectivity index is 1.78. The molecular formula is C14H18F2N2. The first-order chi connectivity index (χ1) is 8.74. The maximum absolute atomic E-state index is 13.3. The third-order valence-electron chi connectivity index (χ3n) is 3.89. The van der Waals surface area contributed by atoms with E-state index in [-0.39, 0.29) is 0 Å². The molecule has 1 aliphatic carbocycles. The molecule has 1 aliphatic heterocycles. The van der Waals surface area contributed by atoms with Crippen LogP contribution in [0.3, 0.4) is 0 Å². The van der Waals surface area contributed by atoms with Crippen LogP contribution in [0.2, 0.25) is 0 Å². The predicted octanol–water partition coefficient (Wildman–Crippen LogP) is 2.54. The monoisotopic (exact) mass is 252 g/mol. The van der Waals surface area contributed by atoms with E-state index in [2.05, 4.69) is 10.2 Å². The standard InChI is InChI=1S/C14H18F2N2/c15-12-5-4-11(8-13(12)16)18-7-1-6-17-14(9-18)10-2-3-10/h4-5,8,10,14,17H,1-3,6-7,9H2. The maximum Gasteiger partial charge on any atom is 0.160 e. The van der Waals surface area contributed by atoms with Gasteiger partial charge < -0.3 is 10.2 Å². The van der Waals surface area contributed by atoms with Crippen LogP contribution in [-0.4, -0.2) is 25.7 Å². The lowest BCUT2D eigenvalue weighted by atomic mass is 10.1. The highest BCUT2D eigenvalue weighted by Crippen LogP contribution is 2.34. The third-order valence-corrected chi connectivity index (χ3v) is 3.89. The van der Waals surface area contributed by atoms with E-state index in [1.54, 1.807) is 6.07 Å². The molecule has 1 atom stereocenters. The van der Waals surface area contributed by atoms with E-state index in [9.17, 15) is 8.78 Å². The van der Waals surface area contributed by atoms with Crippen molar-refractivity contribution in [2.24, 2.45) is 5.92 Å². The zero-order valence-corrected chi connectivity index (χ0v) is 10.3. The molecule has 98 valence electrons. The van der Waals surface area contributed by atoms with Crippen LogP contribution in [0, 0.1) is 17.6 Å². The number of hydrogen-bond donors (Lipinski definition) is 1. The summed E-state index contributed by atoms with van der Waals surface area (Å²) in [5.41, 5.74) is 0.795. The van der Waals surface area contributed by atoms with E-state index in [0.717, 1.165) is 37.7 Å². The number of nitrogens with one attached hydrogen (secondary N) is 1. The Labute approximate surface area is 106 Å². The fraction of sp³-hybridized carbons (Fsp3) is 0.571. The Morgan fingerprint density at radius 3 is 2.72 bits per heavy atom. The summed E-state index contributed by atoms with van der Waals surface area (Å²) in [6, 6.07) is 4.70. The second kappa shape index (κ2) is 4.84. The Hall–Kier alpha value is -1.16. The van der Waals surface area contributed by atoms with Crippen molar-refractivity contribution in [2.75, 3.05) is 24.5 Å². The molecule has 0 radical (unpaired) electrons. The van der Waals surface area contributed by atoms with Gasteiger partial charge in [-0.15, -0.1) is 0 Å². The highest BCUT2D eigenvalue weighted by molar-refractivity contribution is 5.47. The average Bonchev–Trinajstić information content (AvgIpc) is 3.16. The quantitative estimate of drug-likeness (QED) is 0.870. The first-order valence-corrected chi connectivity index (χ1v) is 6.67. The summed E-state index contributed by atoms with van der Waals surface area (Å²) in [6.45, 7) is 2.82. The minimum absolute atomic E-state index is 0.501. The van der Waals surface area contributed by atoms with Crippen LogP contribution in [0.4, 0.5) is 14.5 Å². The van der Waals surface area contributed by atoms with Crippen LogP contribution in [0.15, 0.2) is 18.2 Å². The van der Waals surface area contributed by atoms with Crippen LogP contribution in [0.1, 0.15) is 19.3 Å². The first-order valence-electron chi connectivity index (χ1n) is 6.67. The largest absolute Gasteiger partial charge is 0.370 e. The average molecular weight is 252 g/mol. The molecule has 2 nitrogen and oxygen atoms in total. The van der Waals surface area contributed by atoms with Gasteiger partial charge in [0, 0.05) is 30.9 Å². The molecule has 1 unspecified atom stereocenters. The molecule has 1 saturated heterocycles. The van der Waals surface area contributed by atoms with Crippen molar-refractivity contribution >= 4 is 5.69 Å². The van der Waals surface area contributed by atoms with Gasteiger partial charge in [-0.3, -0.25) is 0 Å². The van der Waals surface area contributed by atoms with Gasteiger partial charge in [-0.2, -0.15) is 0 Å². The molecule has 3 rings (SSSR count). The number of rotatable bonds is 2. The van der Waals surface area contributed by atoms with E-state index < -0.39 is 11.6 Å². The molecule has 1 N–H and O–H groups in total. The van der Waals surface area contributed by atoms with Gasteiger partial charge in [0.1, 0.15) is 0 Å². The Bertz CT molecular complexity index is 432. The highest BCUT2D eigenvalue weighted by Gasteiger charge is 2.33. The number of nitrogens with zero attached hydrogens (tertiary/aromatic N) is 1. The number of anilines is 1. The lowest BCUT2D eigenvalue weighted by molar-refractivity contribution is 0.488. The van der Waals surface area contributed by atoms with Crippen LogP contribution >= 0.6 is 0 Å². The summed E-state index contributed by atoms with van der Waals surface area (Å²) < 4.78 is 26.2. The van der Waals surface area contributed by atoms with Gasteiger partial charge in [0.2, 0.25) is 0 Å². The van der Waals surface area contributed by atoms with Crippen LogP contribution < -0.4 is 10.2 Å².